The molecule has 1 amide bonds. The highest BCUT2D eigenvalue weighted by Gasteiger charge is 2.28. The number of carbonyl (C=O) groups is 1. The molecule has 0 spiro atoms. The van der Waals surface area contributed by atoms with Crippen LogP contribution < -0.4 is 5.32 Å². The number of piperazine rings is 1. The van der Waals surface area contributed by atoms with Gasteiger partial charge in [-0.3, -0.25) is 9.69 Å². The van der Waals surface area contributed by atoms with Gasteiger partial charge in [-0.2, -0.15) is 4.31 Å². The Balaban J connectivity index is 1.83. The van der Waals surface area contributed by atoms with Gasteiger partial charge in [-0.15, -0.1) is 0 Å². The number of methoxy groups -OCH3 is 1. The molecule has 0 aromatic carbocycles. The first-order valence-electron chi connectivity index (χ1n) is 11.2. The van der Waals surface area contributed by atoms with Crippen molar-refractivity contribution in [1.29, 1.82) is 0 Å². The number of nitrogens with one attached hydrogen (secondary N) is 1. The predicted molar refractivity (Wildman–Crippen MR) is 120 cm³/mol. The van der Waals surface area contributed by atoms with Crippen molar-refractivity contribution in [2.45, 2.75) is 19.1 Å². The van der Waals surface area contributed by atoms with Gasteiger partial charge >= 0.3 is 0 Å². The van der Waals surface area contributed by atoms with Crippen LogP contribution in [0.5, 0.6) is 0 Å². The van der Waals surface area contributed by atoms with Crippen LogP contribution in [0.2, 0.25) is 0 Å². The number of rotatable bonds is 19. The Bertz CT molecular complexity index is 583. The Labute approximate surface area is 192 Å². The minimum atomic E-state index is -3.15. The van der Waals surface area contributed by atoms with E-state index < -0.39 is 10.0 Å². The van der Waals surface area contributed by atoms with Gasteiger partial charge in [0.25, 0.3) is 0 Å². The smallest absolute Gasteiger partial charge is 0.246 e. The molecule has 1 rings (SSSR count). The first-order chi connectivity index (χ1) is 15.4. The molecule has 1 aliphatic heterocycles. The second-order valence-electron chi connectivity index (χ2n) is 7.57. The zero-order valence-electron chi connectivity index (χ0n) is 19.8. The zero-order chi connectivity index (χ0) is 23.7. The second-order valence-corrected chi connectivity index (χ2v) is 10.1. The molecule has 0 atom stereocenters. The molecular formula is C20H41N3O8S. The Morgan fingerprint density at radius 2 is 1.34 bits per heavy atom. The summed E-state index contributed by atoms with van der Waals surface area (Å²) < 4.78 is 52.4. The van der Waals surface area contributed by atoms with Crippen molar-refractivity contribution < 1.29 is 36.9 Å². The van der Waals surface area contributed by atoms with Gasteiger partial charge in [-0.1, -0.05) is 0 Å². The fourth-order valence-electron chi connectivity index (χ4n) is 2.91. The lowest BCUT2D eigenvalue weighted by Gasteiger charge is -2.34. The highest BCUT2D eigenvalue weighted by molar-refractivity contribution is 7.89. The van der Waals surface area contributed by atoms with Crippen LogP contribution in [-0.4, -0.2) is 135 Å². The molecule has 0 radical (unpaired) electrons. The largest absolute Gasteiger partial charge is 0.378 e. The molecule has 1 saturated heterocycles. The number of amides is 1. The molecule has 0 aromatic rings. The van der Waals surface area contributed by atoms with Gasteiger partial charge in [0.1, 0.15) is 6.61 Å². The normalized spacial score (nSPS) is 16.0. The molecule has 0 bridgehead atoms. The minimum Gasteiger partial charge on any atom is -0.378 e. The van der Waals surface area contributed by atoms with Crippen molar-refractivity contribution in [3.05, 3.63) is 0 Å². The van der Waals surface area contributed by atoms with E-state index in [-0.39, 0.29) is 17.8 Å². The highest BCUT2D eigenvalue weighted by Crippen LogP contribution is 2.12. The molecule has 0 saturated carbocycles. The number of hydrogen-bond acceptors (Lipinski definition) is 9. The van der Waals surface area contributed by atoms with Gasteiger partial charge in [0.15, 0.2) is 0 Å². The molecule has 12 heteroatoms. The maximum Gasteiger partial charge on any atom is 0.246 e. The summed E-state index contributed by atoms with van der Waals surface area (Å²) in [4.78, 5) is 13.4. The van der Waals surface area contributed by atoms with E-state index in [0.717, 1.165) is 19.6 Å². The van der Waals surface area contributed by atoms with Crippen LogP contribution in [-0.2, 0) is 38.5 Å². The van der Waals surface area contributed by atoms with Gasteiger partial charge < -0.3 is 29.0 Å². The summed E-state index contributed by atoms with van der Waals surface area (Å²) in [5.41, 5.74) is 0. The fraction of sp³-hybridized carbons (Fsp3) is 0.950. The first kappa shape index (κ1) is 29.2. The molecule has 11 nitrogen and oxygen atoms in total. The van der Waals surface area contributed by atoms with Crippen molar-refractivity contribution in [1.82, 2.24) is 14.5 Å². The van der Waals surface area contributed by atoms with Gasteiger partial charge in [-0.05, 0) is 13.8 Å². The van der Waals surface area contributed by atoms with Crippen molar-refractivity contribution in [3.63, 3.8) is 0 Å². The molecule has 1 heterocycles. The van der Waals surface area contributed by atoms with E-state index in [9.17, 15) is 13.2 Å². The van der Waals surface area contributed by atoms with Crippen LogP contribution in [0.4, 0.5) is 0 Å². The number of carbonyl (C=O) groups excluding carboxylic acids is 1. The topological polar surface area (TPSA) is 116 Å². The zero-order valence-corrected chi connectivity index (χ0v) is 20.6. The Kier molecular flexibility index (Phi) is 16.0. The molecule has 1 aliphatic rings. The van der Waals surface area contributed by atoms with Gasteiger partial charge in [-0.25, -0.2) is 8.42 Å². The average molecular weight is 484 g/mol. The summed E-state index contributed by atoms with van der Waals surface area (Å²) in [6.45, 7) is 11.2. The molecule has 0 aliphatic carbocycles. The van der Waals surface area contributed by atoms with Crippen LogP contribution in [0.1, 0.15) is 13.8 Å². The molecule has 190 valence electrons. The maximum atomic E-state index is 12.2. The van der Waals surface area contributed by atoms with Gasteiger partial charge in [0, 0.05) is 46.4 Å². The van der Waals surface area contributed by atoms with Crippen LogP contribution in [0.15, 0.2) is 0 Å². The predicted octanol–water partition coefficient (Wildman–Crippen LogP) is -0.829. The Morgan fingerprint density at radius 3 is 1.84 bits per heavy atom. The second kappa shape index (κ2) is 17.6. The fourth-order valence-corrected chi connectivity index (χ4v) is 4.17. The minimum absolute atomic E-state index is 0.0538. The lowest BCUT2D eigenvalue weighted by molar-refractivity contribution is -0.125. The van der Waals surface area contributed by atoms with E-state index in [1.54, 1.807) is 18.2 Å². The van der Waals surface area contributed by atoms with Crippen molar-refractivity contribution >= 4 is 15.9 Å². The van der Waals surface area contributed by atoms with Crippen molar-refractivity contribution in [3.8, 4) is 0 Å². The number of ether oxygens (including phenoxy) is 5. The van der Waals surface area contributed by atoms with Crippen LogP contribution in [0.3, 0.4) is 0 Å². The summed E-state index contributed by atoms with van der Waals surface area (Å²) >= 11 is 0. The van der Waals surface area contributed by atoms with Crippen LogP contribution >= 0.6 is 0 Å². The van der Waals surface area contributed by atoms with Gasteiger partial charge in [0.05, 0.1) is 58.1 Å². The summed E-state index contributed by atoms with van der Waals surface area (Å²) in [7, 11) is -1.68. The average Bonchev–Trinajstić information content (AvgIpc) is 2.76. The molecule has 1 N–H and O–H groups in total. The molecule has 0 aromatic heterocycles. The van der Waals surface area contributed by atoms with Crippen molar-refractivity contribution in [2.75, 3.05) is 106 Å². The Morgan fingerprint density at radius 1 is 0.844 bits per heavy atom. The Hall–Kier alpha value is -0.860. The lowest BCUT2D eigenvalue weighted by Crippen LogP contribution is -2.50. The van der Waals surface area contributed by atoms with Crippen LogP contribution in [0.25, 0.3) is 0 Å². The highest BCUT2D eigenvalue weighted by atomic mass is 32.2. The van der Waals surface area contributed by atoms with Crippen molar-refractivity contribution in [2.24, 2.45) is 0 Å². The molecule has 0 unspecified atom stereocenters. The van der Waals surface area contributed by atoms with E-state index in [4.69, 9.17) is 23.7 Å². The van der Waals surface area contributed by atoms with E-state index >= 15 is 0 Å². The third kappa shape index (κ3) is 13.0. The molecular weight excluding hydrogens is 442 g/mol. The number of hydrogen-bond donors (Lipinski definition) is 1. The summed E-state index contributed by atoms with van der Waals surface area (Å²) in [6.07, 6.45) is 0. The number of nitrogens with zero attached hydrogens (tertiary/aromatic N) is 2. The molecule has 1 fully saturated rings. The number of sulfonamides is 1. The van der Waals surface area contributed by atoms with E-state index in [2.05, 4.69) is 10.2 Å². The monoisotopic (exact) mass is 483 g/mol. The first-order valence-corrected chi connectivity index (χ1v) is 12.7. The summed E-state index contributed by atoms with van der Waals surface area (Å²) in [6, 6.07) is 0. The van der Waals surface area contributed by atoms with E-state index in [1.165, 1.54) is 7.11 Å². The SMILES string of the molecule is COCC(=O)NCCOCCOCCOCCOCCN1CCN(S(=O)(=O)C(C)C)CC1. The standard InChI is InChI=1S/C20H41N3O8S/c1-19(2)32(25,26)23-7-5-22(6-8-23)9-11-29-13-15-31-17-16-30-14-12-28-10-4-21-20(24)18-27-3/h19H,4-18H2,1-3H3,(H,21,24). The lowest BCUT2D eigenvalue weighted by atomic mass is 10.3. The molecule has 32 heavy (non-hydrogen) atoms. The van der Waals surface area contributed by atoms with E-state index in [0.29, 0.717) is 72.5 Å². The van der Waals surface area contributed by atoms with Crippen LogP contribution in [0, 0.1) is 0 Å². The third-order valence-corrected chi connectivity index (χ3v) is 7.08. The third-order valence-electron chi connectivity index (χ3n) is 4.80. The quantitative estimate of drug-likeness (QED) is 0.235. The summed E-state index contributed by atoms with van der Waals surface area (Å²) in [5, 5.41) is 2.29. The summed E-state index contributed by atoms with van der Waals surface area (Å²) in [5.74, 6) is -0.161. The van der Waals surface area contributed by atoms with E-state index in [1.807, 2.05) is 0 Å². The maximum absolute atomic E-state index is 12.2. The van der Waals surface area contributed by atoms with Gasteiger partial charge in [0.2, 0.25) is 15.9 Å².